The quantitative estimate of drug-likeness (QED) is 0.906. The minimum Gasteiger partial charge on any atom is -0.476 e. The molecule has 0 atom stereocenters. The largest absolute Gasteiger partial charge is 0.476 e. The van der Waals surface area contributed by atoms with Crippen molar-refractivity contribution in [3.8, 4) is 11.1 Å². The molecule has 1 aliphatic heterocycles. The lowest BCUT2D eigenvalue weighted by atomic mass is 10.0. The average molecular weight is 264 g/mol. The van der Waals surface area contributed by atoms with E-state index in [0.29, 0.717) is 18.7 Å². The van der Waals surface area contributed by atoms with E-state index in [9.17, 15) is 13.6 Å². The van der Waals surface area contributed by atoms with Gasteiger partial charge < -0.3 is 5.11 Å². The molecule has 0 saturated heterocycles. The zero-order valence-corrected chi connectivity index (χ0v) is 9.86. The summed E-state index contributed by atoms with van der Waals surface area (Å²) in [6, 6.07) is 3.12. The molecule has 19 heavy (non-hydrogen) atoms. The third-order valence-corrected chi connectivity index (χ3v) is 3.24. The molecule has 0 unspecified atom stereocenters. The molecule has 2 aromatic rings. The van der Waals surface area contributed by atoms with Crippen molar-refractivity contribution in [2.75, 3.05) is 0 Å². The van der Waals surface area contributed by atoms with Crippen molar-refractivity contribution in [1.82, 2.24) is 9.78 Å². The van der Waals surface area contributed by atoms with Crippen LogP contribution in [0.25, 0.3) is 11.1 Å². The fraction of sp³-hybridized carbons (Fsp3) is 0.231. The molecule has 0 saturated carbocycles. The van der Waals surface area contributed by atoms with Gasteiger partial charge in [-0.15, -0.1) is 0 Å². The smallest absolute Gasteiger partial charge is 0.357 e. The number of halogens is 2. The first kappa shape index (κ1) is 11.8. The highest BCUT2D eigenvalue weighted by atomic mass is 19.1. The number of nitrogens with zero attached hydrogens (tertiary/aromatic N) is 2. The summed E-state index contributed by atoms with van der Waals surface area (Å²) in [6.45, 7) is 0.623. The predicted octanol–water partition coefficient (Wildman–Crippen LogP) is 2.47. The number of aryl methyl sites for hydroxylation is 1. The highest BCUT2D eigenvalue weighted by Gasteiger charge is 2.27. The third-order valence-electron chi connectivity index (χ3n) is 3.24. The molecule has 0 radical (unpaired) electrons. The first-order valence-electron chi connectivity index (χ1n) is 5.86. The summed E-state index contributed by atoms with van der Waals surface area (Å²) in [7, 11) is 0. The molecule has 1 aromatic heterocycles. The van der Waals surface area contributed by atoms with Crippen molar-refractivity contribution < 1.29 is 18.7 Å². The van der Waals surface area contributed by atoms with Gasteiger partial charge in [0.2, 0.25) is 0 Å². The van der Waals surface area contributed by atoms with Gasteiger partial charge in [-0.05, 0) is 25.0 Å². The van der Waals surface area contributed by atoms with Gasteiger partial charge in [0, 0.05) is 29.4 Å². The van der Waals surface area contributed by atoms with Gasteiger partial charge in [-0.2, -0.15) is 5.10 Å². The van der Waals surface area contributed by atoms with Crippen molar-refractivity contribution in [3.05, 3.63) is 41.2 Å². The Balaban J connectivity index is 2.26. The van der Waals surface area contributed by atoms with E-state index in [1.54, 1.807) is 4.68 Å². The van der Waals surface area contributed by atoms with Gasteiger partial charge in [0.25, 0.3) is 0 Å². The number of carboxylic acid groups (broad SMARTS) is 1. The Morgan fingerprint density at radius 1 is 1.37 bits per heavy atom. The highest BCUT2D eigenvalue weighted by Crippen LogP contribution is 2.33. The summed E-state index contributed by atoms with van der Waals surface area (Å²) in [5.41, 5.74) is 0.868. The average Bonchev–Trinajstić information content (AvgIpc) is 2.89. The summed E-state index contributed by atoms with van der Waals surface area (Å²) < 4.78 is 28.4. The van der Waals surface area contributed by atoms with Gasteiger partial charge in [-0.25, -0.2) is 13.6 Å². The maximum absolute atomic E-state index is 13.9. The van der Waals surface area contributed by atoms with E-state index in [1.165, 1.54) is 6.07 Å². The number of carbonyl (C=O) groups is 1. The van der Waals surface area contributed by atoms with Crippen molar-refractivity contribution >= 4 is 5.97 Å². The molecule has 1 aliphatic rings. The van der Waals surface area contributed by atoms with Crippen LogP contribution in [0.3, 0.4) is 0 Å². The Bertz CT molecular complexity index is 680. The number of rotatable bonds is 2. The van der Waals surface area contributed by atoms with Crippen LogP contribution in [-0.4, -0.2) is 20.9 Å². The molecule has 6 heteroatoms. The molecule has 98 valence electrons. The first-order valence-corrected chi connectivity index (χ1v) is 5.86. The maximum Gasteiger partial charge on any atom is 0.357 e. The molecule has 0 aliphatic carbocycles. The molecule has 3 rings (SSSR count). The minimum atomic E-state index is -1.21. The number of hydrogen-bond acceptors (Lipinski definition) is 2. The van der Waals surface area contributed by atoms with Crippen LogP contribution in [0, 0.1) is 11.6 Å². The number of benzene rings is 1. The Hall–Kier alpha value is -2.24. The molecule has 0 bridgehead atoms. The maximum atomic E-state index is 13.9. The summed E-state index contributed by atoms with van der Waals surface area (Å²) in [5.74, 6) is -2.67. The normalized spacial score (nSPS) is 13.6. The zero-order valence-electron chi connectivity index (χ0n) is 9.86. The minimum absolute atomic E-state index is 0.0851. The van der Waals surface area contributed by atoms with Crippen LogP contribution in [0.15, 0.2) is 18.2 Å². The van der Waals surface area contributed by atoms with Gasteiger partial charge in [-0.1, -0.05) is 0 Å². The van der Waals surface area contributed by atoms with E-state index in [2.05, 4.69) is 5.10 Å². The predicted molar refractivity (Wildman–Crippen MR) is 62.9 cm³/mol. The topological polar surface area (TPSA) is 55.1 Å². The van der Waals surface area contributed by atoms with Crippen molar-refractivity contribution in [1.29, 1.82) is 0 Å². The van der Waals surface area contributed by atoms with Crippen molar-refractivity contribution in [2.24, 2.45) is 0 Å². The molecule has 4 nitrogen and oxygen atoms in total. The van der Waals surface area contributed by atoms with E-state index in [-0.39, 0.29) is 16.8 Å². The first-order chi connectivity index (χ1) is 9.08. The monoisotopic (exact) mass is 264 g/mol. The fourth-order valence-corrected chi connectivity index (χ4v) is 2.46. The molecule has 0 spiro atoms. The van der Waals surface area contributed by atoms with E-state index < -0.39 is 17.6 Å². The third kappa shape index (κ3) is 1.80. The number of aromatic carboxylic acids is 1. The van der Waals surface area contributed by atoms with Gasteiger partial charge >= 0.3 is 5.97 Å². The Kier molecular flexibility index (Phi) is 2.58. The number of fused-ring (bicyclic) bond motifs is 1. The van der Waals surface area contributed by atoms with Crippen LogP contribution in [0.4, 0.5) is 8.78 Å². The summed E-state index contributed by atoms with van der Waals surface area (Å²) in [6.07, 6.45) is 1.49. The standard InChI is InChI=1S/C13H10F2N2O2/c14-7-3-4-8(9(15)6-7)11-10-2-1-5-17(10)16-12(11)13(18)19/h3-4,6H,1-2,5H2,(H,18,19). The lowest BCUT2D eigenvalue weighted by Crippen LogP contribution is -2.02. The number of aromatic nitrogens is 2. The van der Waals surface area contributed by atoms with E-state index in [4.69, 9.17) is 5.11 Å². The second-order valence-electron chi connectivity index (χ2n) is 4.43. The van der Waals surface area contributed by atoms with Crippen LogP contribution in [0.2, 0.25) is 0 Å². The van der Waals surface area contributed by atoms with Crippen LogP contribution < -0.4 is 0 Å². The van der Waals surface area contributed by atoms with E-state index in [0.717, 1.165) is 18.6 Å². The summed E-state index contributed by atoms with van der Waals surface area (Å²) in [5, 5.41) is 13.1. The second-order valence-corrected chi connectivity index (χ2v) is 4.43. The highest BCUT2D eigenvalue weighted by molar-refractivity contribution is 5.95. The van der Waals surface area contributed by atoms with Gasteiger partial charge in [0.15, 0.2) is 5.69 Å². The fourth-order valence-electron chi connectivity index (χ4n) is 2.46. The molecule has 2 heterocycles. The molecule has 1 N–H and O–H groups in total. The van der Waals surface area contributed by atoms with E-state index in [1.807, 2.05) is 0 Å². The molecule has 1 aromatic carbocycles. The van der Waals surface area contributed by atoms with Crippen LogP contribution >= 0.6 is 0 Å². The molecular formula is C13H10F2N2O2. The van der Waals surface area contributed by atoms with E-state index >= 15 is 0 Å². The number of carboxylic acids is 1. The lowest BCUT2D eigenvalue weighted by Gasteiger charge is -2.04. The van der Waals surface area contributed by atoms with Crippen LogP contribution in [-0.2, 0) is 13.0 Å². The molecule has 0 fully saturated rings. The SMILES string of the molecule is O=C(O)c1nn2c(c1-c1ccc(F)cc1F)CCC2. The number of hydrogen-bond donors (Lipinski definition) is 1. The van der Waals surface area contributed by atoms with Gasteiger partial charge in [-0.3, -0.25) is 4.68 Å². The van der Waals surface area contributed by atoms with Gasteiger partial charge in [0.1, 0.15) is 11.6 Å². The van der Waals surface area contributed by atoms with Crippen LogP contribution in [0.5, 0.6) is 0 Å². The van der Waals surface area contributed by atoms with Gasteiger partial charge in [0.05, 0.1) is 0 Å². The Labute approximate surface area is 107 Å². The van der Waals surface area contributed by atoms with Crippen molar-refractivity contribution in [2.45, 2.75) is 19.4 Å². The zero-order chi connectivity index (χ0) is 13.6. The summed E-state index contributed by atoms with van der Waals surface area (Å²) in [4.78, 5) is 11.2. The molecular weight excluding hydrogens is 254 g/mol. The summed E-state index contributed by atoms with van der Waals surface area (Å²) >= 11 is 0. The van der Waals surface area contributed by atoms with Crippen LogP contribution in [0.1, 0.15) is 22.6 Å². The Morgan fingerprint density at radius 3 is 2.84 bits per heavy atom. The second kappa shape index (κ2) is 4.15. The Morgan fingerprint density at radius 2 is 2.16 bits per heavy atom. The lowest BCUT2D eigenvalue weighted by molar-refractivity contribution is 0.0690. The van der Waals surface area contributed by atoms with Crippen molar-refractivity contribution in [3.63, 3.8) is 0 Å². The molecule has 0 amide bonds.